The van der Waals surface area contributed by atoms with Crippen LogP contribution in [0.1, 0.15) is 18.9 Å². The molecule has 5 nitrogen and oxygen atoms in total. The van der Waals surface area contributed by atoms with Crippen LogP contribution in [0.3, 0.4) is 0 Å². The standard InChI is InChI=1S/C15H22N2O3/c1-15(18,4-7-17-8-5-16-6-9-17)12-2-3-13-14(10-12)20-11-19-13/h2-3,10,16,18H,4-9,11H2,1H3. The Morgan fingerprint density at radius 2 is 2.00 bits per heavy atom. The normalized spacial score (nSPS) is 21.7. The Bertz CT molecular complexity index is 470. The molecular formula is C15H22N2O3. The minimum absolute atomic E-state index is 0.266. The van der Waals surface area contributed by atoms with Crippen LogP contribution in [0.4, 0.5) is 0 Å². The second kappa shape index (κ2) is 5.60. The minimum Gasteiger partial charge on any atom is -0.454 e. The molecule has 20 heavy (non-hydrogen) atoms. The van der Waals surface area contributed by atoms with Crippen LogP contribution in [0.5, 0.6) is 11.5 Å². The maximum atomic E-state index is 10.7. The van der Waals surface area contributed by atoms with Gasteiger partial charge in [-0.25, -0.2) is 0 Å². The van der Waals surface area contributed by atoms with Gasteiger partial charge in [0.15, 0.2) is 11.5 Å². The lowest BCUT2D eigenvalue weighted by molar-refractivity contribution is 0.0343. The van der Waals surface area contributed by atoms with E-state index in [1.807, 2.05) is 25.1 Å². The Kier molecular flexibility index (Phi) is 3.83. The van der Waals surface area contributed by atoms with Gasteiger partial charge in [0, 0.05) is 32.7 Å². The zero-order valence-corrected chi connectivity index (χ0v) is 11.9. The van der Waals surface area contributed by atoms with Crippen LogP contribution >= 0.6 is 0 Å². The first-order valence-corrected chi connectivity index (χ1v) is 7.21. The SMILES string of the molecule is CC(O)(CCN1CCNCC1)c1ccc2c(c1)OCO2. The van der Waals surface area contributed by atoms with E-state index in [1.54, 1.807) is 0 Å². The summed E-state index contributed by atoms with van der Waals surface area (Å²) in [6.07, 6.45) is 0.715. The van der Waals surface area contributed by atoms with Crippen molar-refractivity contribution in [2.45, 2.75) is 18.9 Å². The number of nitrogens with zero attached hydrogens (tertiary/aromatic N) is 1. The molecule has 1 fully saturated rings. The van der Waals surface area contributed by atoms with Crippen molar-refractivity contribution in [2.24, 2.45) is 0 Å². The molecule has 1 aromatic carbocycles. The summed E-state index contributed by atoms with van der Waals surface area (Å²) in [5, 5.41) is 14.0. The molecule has 1 aromatic rings. The maximum Gasteiger partial charge on any atom is 0.231 e. The quantitative estimate of drug-likeness (QED) is 0.858. The molecule has 2 aliphatic rings. The molecule has 1 saturated heterocycles. The van der Waals surface area contributed by atoms with Crippen LogP contribution in [0.15, 0.2) is 18.2 Å². The topological polar surface area (TPSA) is 54.0 Å². The number of hydrogen-bond donors (Lipinski definition) is 2. The molecule has 0 saturated carbocycles. The predicted molar refractivity (Wildman–Crippen MR) is 76.1 cm³/mol. The van der Waals surface area contributed by atoms with E-state index in [0.29, 0.717) is 6.42 Å². The predicted octanol–water partition coefficient (Wildman–Crippen LogP) is 0.918. The monoisotopic (exact) mass is 278 g/mol. The van der Waals surface area contributed by atoms with Crippen molar-refractivity contribution in [3.05, 3.63) is 23.8 Å². The first kappa shape index (κ1) is 13.7. The van der Waals surface area contributed by atoms with Crippen LogP contribution < -0.4 is 14.8 Å². The van der Waals surface area contributed by atoms with E-state index in [9.17, 15) is 5.11 Å². The Morgan fingerprint density at radius 1 is 1.25 bits per heavy atom. The number of ether oxygens (including phenoxy) is 2. The van der Waals surface area contributed by atoms with Gasteiger partial charge in [0.05, 0.1) is 5.60 Å². The van der Waals surface area contributed by atoms with Crippen molar-refractivity contribution in [1.29, 1.82) is 0 Å². The molecule has 5 heteroatoms. The summed E-state index contributed by atoms with van der Waals surface area (Å²) in [6.45, 7) is 7.21. The zero-order chi connectivity index (χ0) is 14.0. The van der Waals surface area contributed by atoms with E-state index in [1.165, 1.54) is 0 Å². The molecule has 0 radical (unpaired) electrons. The largest absolute Gasteiger partial charge is 0.454 e. The van der Waals surface area contributed by atoms with E-state index in [2.05, 4.69) is 10.2 Å². The van der Waals surface area contributed by atoms with Crippen LogP contribution in [0, 0.1) is 0 Å². The Labute approximate surface area is 119 Å². The molecule has 3 rings (SSSR count). The van der Waals surface area contributed by atoms with Gasteiger partial charge in [-0.2, -0.15) is 0 Å². The average molecular weight is 278 g/mol. The number of aliphatic hydroxyl groups is 1. The lowest BCUT2D eigenvalue weighted by Crippen LogP contribution is -2.45. The summed E-state index contributed by atoms with van der Waals surface area (Å²) in [5.74, 6) is 1.48. The Hall–Kier alpha value is -1.30. The average Bonchev–Trinajstić information content (AvgIpc) is 2.94. The van der Waals surface area contributed by atoms with Gasteiger partial charge in [0.1, 0.15) is 0 Å². The lowest BCUT2D eigenvalue weighted by Gasteiger charge is -2.31. The van der Waals surface area contributed by atoms with Gasteiger partial charge in [-0.3, -0.25) is 0 Å². The van der Waals surface area contributed by atoms with Gasteiger partial charge in [-0.1, -0.05) is 6.07 Å². The number of nitrogens with one attached hydrogen (secondary N) is 1. The third-order valence-electron chi connectivity index (χ3n) is 4.12. The zero-order valence-electron chi connectivity index (χ0n) is 11.9. The summed E-state index contributed by atoms with van der Waals surface area (Å²) >= 11 is 0. The first-order chi connectivity index (χ1) is 9.65. The summed E-state index contributed by atoms with van der Waals surface area (Å²) in [5.41, 5.74) is 0.0446. The van der Waals surface area contributed by atoms with Crippen LogP contribution in [0.25, 0.3) is 0 Å². The van der Waals surface area contributed by atoms with E-state index in [-0.39, 0.29) is 6.79 Å². The molecule has 2 heterocycles. The molecule has 2 N–H and O–H groups in total. The van der Waals surface area contributed by atoms with E-state index in [0.717, 1.165) is 49.8 Å². The van der Waals surface area contributed by atoms with Crippen molar-refractivity contribution < 1.29 is 14.6 Å². The molecule has 0 spiro atoms. The van der Waals surface area contributed by atoms with E-state index in [4.69, 9.17) is 9.47 Å². The number of rotatable bonds is 4. The second-order valence-corrected chi connectivity index (χ2v) is 5.68. The van der Waals surface area contributed by atoms with Crippen LogP contribution in [0.2, 0.25) is 0 Å². The molecule has 0 aliphatic carbocycles. The first-order valence-electron chi connectivity index (χ1n) is 7.21. The molecule has 1 atom stereocenters. The van der Waals surface area contributed by atoms with Gasteiger partial charge in [-0.15, -0.1) is 0 Å². The van der Waals surface area contributed by atoms with Crippen molar-refractivity contribution in [3.8, 4) is 11.5 Å². The van der Waals surface area contributed by atoms with Crippen molar-refractivity contribution >= 4 is 0 Å². The molecule has 0 bridgehead atoms. The van der Waals surface area contributed by atoms with E-state index >= 15 is 0 Å². The highest BCUT2D eigenvalue weighted by Gasteiger charge is 2.26. The van der Waals surface area contributed by atoms with Crippen molar-refractivity contribution in [3.63, 3.8) is 0 Å². The fourth-order valence-corrected chi connectivity index (χ4v) is 2.69. The number of hydrogen-bond acceptors (Lipinski definition) is 5. The number of fused-ring (bicyclic) bond motifs is 1. The molecule has 2 aliphatic heterocycles. The number of benzene rings is 1. The van der Waals surface area contributed by atoms with Gasteiger partial charge in [0.2, 0.25) is 6.79 Å². The van der Waals surface area contributed by atoms with Gasteiger partial charge >= 0.3 is 0 Å². The molecular weight excluding hydrogens is 256 g/mol. The highest BCUT2D eigenvalue weighted by Crippen LogP contribution is 2.36. The van der Waals surface area contributed by atoms with Crippen molar-refractivity contribution in [2.75, 3.05) is 39.5 Å². The summed E-state index contributed by atoms with van der Waals surface area (Å²) < 4.78 is 10.7. The third kappa shape index (κ3) is 2.90. The van der Waals surface area contributed by atoms with Crippen LogP contribution in [-0.4, -0.2) is 49.5 Å². The maximum absolute atomic E-state index is 10.7. The fourth-order valence-electron chi connectivity index (χ4n) is 2.69. The van der Waals surface area contributed by atoms with Gasteiger partial charge in [-0.05, 0) is 31.0 Å². The summed E-state index contributed by atoms with van der Waals surface area (Å²) in [7, 11) is 0. The second-order valence-electron chi connectivity index (χ2n) is 5.68. The van der Waals surface area contributed by atoms with Crippen molar-refractivity contribution in [1.82, 2.24) is 10.2 Å². The highest BCUT2D eigenvalue weighted by atomic mass is 16.7. The van der Waals surface area contributed by atoms with E-state index < -0.39 is 5.60 Å². The lowest BCUT2D eigenvalue weighted by atomic mass is 9.92. The van der Waals surface area contributed by atoms with Gasteiger partial charge < -0.3 is 24.8 Å². The Morgan fingerprint density at radius 3 is 2.80 bits per heavy atom. The Balaban J connectivity index is 1.64. The molecule has 1 unspecified atom stereocenters. The third-order valence-corrected chi connectivity index (χ3v) is 4.12. The van der Waals surface area contributed by atoms with Crippen LogP contribution in [-0.2, 0) is 5.60 Å². The smallest absolute Gasteiger partial charge is 0.231 e. The highest BCUT2D eigenvalue weighted by molar-refractivity contribution is 5.45. The van der Waals surface area contributed by atoms with Gasteiger partial charge in [0.25, 0.3) is 0 Å². The fraction of sp³-hybridized carbons (Fsp3) is 0.600. The minimum atomic E-state index is -0.841. The molecule has 110 valence electrons. The summed E-state index contributed by atoms with van der Waals surface area (Å²) in [4.78, 5) is 2.39. The summed E-state index contributed by atoms with van der Waals surface area (Å²) in [6, 6.07) is 5.68. The number of piperazine rings is 1. The molecule has 0 aromatic heterocycles. The molecule has 0 amide bonds.